The van der Waals surface area contributed by atoms with Crippen LogP contribution in [0.25, 0.3) is 61.7 Å². The molecule has 1 aromatic heterocycles. The van der Waals surface area contributed by atoms with Crippen molar-refractivity contribution < 1.29 is 0 Å². The fourth-order valence-electron chi connectivity index (χ4n) is 6.84. The zero-order valence-corrected chi connectivity index (χ0v) is 26.1. The van der Waals surface area contributed by atoms with Gasteiger partial charge < -0.3 is 0 Å². The van der Waals surface area contributed by atoms with Crippen LogP contribution in [-0.2, 0) is 5.41 Å². The molecule has 2 aliphatic carbocycles. The lowest BCUT2D eigenvalue weighted by atomic mass is 9.80. The summed E-state index contributed by atoms with van der Waals surface area (Å²) in [6.45, 7) is 4.67. The van der Waals surface area contributed by atoms with Crippen molar-refractivity contribution in [2.45, 2.75) is 25.7 Å². The average Bonchev–Trinajstić information content (AvgIpc) is 3.26. The Kier molecular flexibility index (Phi) is 6.92. The molecule has 2 aliphatic rings. The Morgan fingerprint density at radius 2 is 1.02 bits per heavy atom. The second-order valence-electron chi connectivity index (χ2n) is 12.6. The molecule has 0 amide bonds. The lowest BCUT2D eigenvalue weighted by molar-refractivity contribution is 0.654. The van der Waals surface area contributed by atoms with E-state index in [1.54, 1.807) is 0 Å². The van der Waals surface area contributed by atoms with Crippen molar-refractivity contribution in [1.29, 1.82) is 0 Å². The Hall–Kier alpha value is -5.60. The first-order valence-electron chi connectivity index (χ1n) is 16.0. The maximum absolute atomic E-state index is 5.30. The van der Waals surface area contributed by atoms with E-state index in [4.69, 9.17) is 9.97 Å². The van der Waals surface area contributed by atoms with Crippen LogP contribution in [-0.4, -0.2) is 9.97 Å². The molecule has 0 unspecified atom stereocenters. The summed E-state index contributed by atoms with van der Waals surface area (Å²) in [6, 6.07) is 47.2. The van der Waals surface area contributed by atoms with E-state index in [0.29, 0.717) is 5.82 Å². The van der Waals surface area contributed by atoms with E-state index in [1.807, 2.05) is 6.07 Å². The molecule has 6 aromatic rings. The summed E-state index contributed by atoms with van der Waals surface area (Å²) in [5.74, 6) is 0.714. The van der Waals surface area contributed by atoms with Gasteiger partial charge in [0.2, 0.25) is 0 Å². The minimum Gasteiger partial charge on any atom is -0.228 e. The topological polar surface area (TPSA) is 25.8 Å². The van der Waals surface area contributed by atoms with Gasteiger partial charge in [0.1, 0.15) is 0 Å². The van der Waals surface area contributed by atoms with Crippen LogP contribution in [0, 0.1) is 0 Å². The van der Waals surface area contributed by atoms with Crippen molar-refractivity contribution in [1.82, 2.24) is 9.97 Å². The quantitative estimate of drug-likeness (QED) is 0.200. The SMILES string of the molecule is CC1(C)C2=C(C=CCC=C2)c2ccc(-c3cc(-c4ccccc4)nc(-c4cc(-c5ccccc5)cc(-c5ccccc5)c4)n3)cc21. The zero-order chi connectivity index (χ0) is 31.1. The van der Waals surface area contributed by atoms with Gasteiger partial charge in [-0.1, -0.05) is 141 Å². The highest BCUT2D eigenvalue weighted by Crippen LogP contribution is 2.49. The number of hydrogen-bond acceptors (Lipinski definition) is 2. The molecule has 0 fully saturated rings. The first kappa shape index (κ1) is 27.9. The molecule has 8 rings (SSSR count). The maximum atomic E-state index is 5.30. The largest absolute Gasteiger partial charge is 0.228 e. The summed E-state index contributed by atoms with van der Waals surface area (Å²) in [6.07, 6.45) is 10.1. The standard InChI is InChI=1S/C44H34N2/c1-44(2)39-22-14-6-13-21-37(39)38-24-23-33(28-40(38)44)42-29-41(32-19-11-5-12-20-32)45-43(46-42)36-26-34(30-15-7-3-8-16-30)25-35(27-36)31-17-9-4-10-18-31/h3-5,7-29H,6H2,1-2H3. The van der Waals surface area contributed by atoms with Crippen LogP contribution in [0.15, 0.2) is 163 Å². The van der Waals surface area contributed by atoms with Crippen LogP contribution in [0.5, 0.6) is 0 Å². The smallest absolute Gasteiger partial charge is 0.160 e. The number of allylic oxidation sites excluding steroid dienone is 6. The highest BCUT2D eigenvalue weighted by atomic mass is 14.9. The average molecular weight is 591 g/mol. The van der Waals surface area contributed by atoms with Gasteiger partial charge in [-0.15, -0.1) is 0 Å². The van der Waals surface area contributed by atoms with Crippen molar-refractivity contribution in [2.24, 2.45) is 0 Å². The molecule has 0 aliphatic heterocycles. The van der Waals surface area contributed by atoms with E-state index in [9.17, 15) is 0 Å². The minimum atomic E-state index is -0.0986. The molecule has 0 radical (unpaired) electrons. The fourth-order valence-corrected chi connectivity index (χ4v) is 6.84. The molecule has 0 N–H and O–H groups in total. The third-order valence-electron chi connectivity index (χ3n) is 9.28. The second-order valence-corrected chi connectivity index (χ2v) is 12.6. The van der Waals surface area contributed by atoms with Gasteiger partial charge in [0.15, 0.2) is 5.82 Å². The van der Waals surface area contributed by atoms with Gasteiger partial charge >= 0.3 is 0 Å². The predicted molar refractivity (Wildman–Crippen MR) is 192 cm³/mol. The number of aromatic nitrogens is 2. The molecule has 0 bridgehead atoms. The Balaban J connectivity index is 1.32. The number of hydrogen-bond donors (Lipinski definition) is 0. The van der Waals surface area contributed by atoms with Crippen molar-refractivity contribution in [2.75, 3.05) is 0 Å². The van der Waals surface area contributed by atoms with Crippen molar-refractivity contribution in [3.05, 3.63) is 174 Å². The summed E-state index contributed by atoms with van der Waals surface area (Å²) in [5, 5.41) is 0. The van der Waals surface area contributed by atoms with E-state index in [-0.39, 0.29) is 5.41 Å². The third-order valence-corrected chi connectivity index (χ3v) is 9.28. The van der Waals surface area contributed by atoms with Crippen molar-refractivity contribution in [3.8, 4) is 56.2 Å². The maximum Gasteiger partial charge on any atom is 0.160 e. The Morgan fingerprint density at radius 3 is 1.65 bits per heavy atom. The van der Waals surface area contributed by atoms with Gasteiger partial charge in [0, 0.05) is 22.1 Å². The van der Waals surface area contributed by atoms with Crippen molar-refractivity contribution >= 4 is 5.57 Å². The van der Waals surface area contributed by atoms with Crippen LogP contribution in [0.3, 0.4) is 0 Å². The summed E-state index contributed by atoms with van der Waals surface area (Å²) < 4.78 is 0. The molecule has 220 valence electrons. The summed E-state index contributed by atoms with van der Waals surface area (Å²) in [5.41, 5.74) is 14.9. The zero-order valence-electron chi connectivity index (χ0n) is 26.1. The molecule has 0 spiro atoms. The highest BCUT2D eigenvalue weighted by Gasteiger charge is 2.36. The Bertz CT molecular complexity index is 2110. The Morgan fingerprint density at radius 1 is 0.478 bits per heavy atom. The van der Waals surface area contributed by atoms with Crippen LogP contribution >= 0.6 is 0 Å². The number of benzene rings is 5. The summed E-state index contributed by atoms with van der Waals surface area (Å²) in [4.78, 5) is 10.5. The van der Waals surface area contributed by atoms with Crippen LogP contribution < -0.4 is 0 Å². The van der Waals surface area contributed by atoms with Gasteiger partial charge in [0.25, 0.3) is 0 Å². The van der Waals surface area contributed by atoms with Crippen molar-refractivity contribution in [3.63, 3.8) is 0 Å². The van der Waals surface area contributed by atoms with E-state index in [1.165, 1.54) is 22.3 Å². The van der Waals surface area contributed by atoms with Gasteiger partial charge in [-0.3, -0.25) is 0 Å². The molecular formula is C44H34N2. The lowest BCUT2D eigenvalue weighted by Crippen LogP contribution is -2.16. The highest BCUT2D eigenvalue weighted by molar-refractivity contribution is 5.90. The summed E-state index contributed by atoms with van der Waals surface area (Å²) in [7, 11) is 0. The fraction of sp³-hybridized carbons (Fsp3) is 0.0909. The minimum absolute atomic E-state index is 0.0986. The molecule has 2 nitrogen and oxygen atoms in total. The van der Waals surface area contributed by atoms with Crippen LogP contribution in [0.1, 0.15) is 31.4 Å². The van der Waals surface area contributed by atoms with E-state index >= 15 is 0 Å². The van der Waals surface area contributed by atoms with Gasteiger partial charge in [-0.05, 0) is 81.3 Å². The molecule has 1 heterocycles. The molecule has 2 heteroatoms. The van der Waals surface area contributed by atoms with Crippen LogP contribution in [0.2, 0.25) is 0 Å². The van der Waals surface area contributed by atoms with E-state index < -0.39 is 0 Å². The van der Waals surface area contributed by atoms with Gasteiger partial charge in [-0.25, -0.2) is 9.97 Å². The molecule has 0 saturated heterocycles. The molecule has 0 atom stereocenters. The number of rotatable bonds is 5. The predicted octanol–water partition coefficient (Wildman–Crippen LogP) is 11.4. The van der Waals surface area contributed by atoms with Gasteiger partial charge in [0.05, 0.1) is 11.4 Å². The number of nitrogens with zero attached hydrogens (tertiary/aromatic N) is 2. The number of fused-ring (bicyclic) bond motifs is 2. The first-order chi connectivity index (χ1) is 22.5. The third kappa shape index (κ3) is 5.02. The monoisotopic (exact) mass is 590 g/mol. The molecule has 0 saturated carbocycles. The van der Waals surface area contributed by atoms with Crippen LogP contribution in [0.4, 0.5) is 0 Å². The van der Waals surface area contributed by atoms with E-state index in [2.05, 4.69) is 166 Å². The molecule has 5 aromatic carbocycles. The van der Waals surface area contributed by atoms with Gasteiger partial charge in [-0.2, -0.15) is 0 Å². The molecule has 46 heavy (non-hydrogen) atoms. The van der Waals surface area contributed by atoms with E-state index in [0.717, 1.165) is 56.8 Å². The first-order valence-corrected chi connectivity index (χ1v) is 16.0. The normalized spacial score (nSPS) is 14.6. The lowest BCUT2D eigenvalue weighted by Gasteiger charge is -2.23. The summed E-state index contributed by atoms with van der Waals surface area (Å²) >= 11 is 0. The second kappa shape index (κ2) is 11.4. The Labute approximate surface area is 271 Å². The molecular weight excluding hydrogens is 556 g/mol.